The molecule has 3 nitrogen and oxygen atoms in total. The second-order valence-corrected chi connectivity index (χ2v) is 4.81. The highest BCUT2D eigenvalue weighted by Gasteiger charge is 2.26. The van der Waals surface area contributed by atoms with Crippen molar-refractivity contribution in [3.05, 3.63) is 29.8 Å². The van der Waals surface area contributed by atoms with Crippen LogP contribution in [-0.4, -0.2) is 30.0 Å². The number of aryl methyl sites for hydroxylation is 1. The highest BCUT2D eigenvalue weighted by molar-refractivity contribution is 5.81. The Morgan fingerprint density at radius 2 is 2.00 bits per heavy atom. The largest absolute Gasteiger partial charge is 0.480 e. The van der Waals surface area contributed by atoms with Gasteiger partial charge >= 0.3 is 0 Å². The molecule has 98 valence electrons. The van der Waals surface area contributed by atoms with Crippen molar-refractivity contribution in [3.63, 3.8) is 0 Å². The van der Waals surface area contributed by atoms with Crippen molar-refractivity contribution in [1.82, 2.24) is 4.90 Å². The molecule has 1 saturated heterocycles. The molecule has 0 aliphatic carbocycles. The number of likely N-dealkylation sites (tertiary alicyclic amines) is 1. The van der Waals surface area contributed by atoms with Crippen molar-refractivity contribution in [1.29, 1.82) is 0 Å². The average molecular weight is 247 g/mol. The summed E-state index contributed by atoms with van der Waals surface area (Å²) in [6.07, 6.45) is 2.60. The Balaban J connectivity index is 2.05. The van der Waals surface area contributed by atoms with E-state index in [9.17, 15) is 4.79 Å². The molecule has 1 fully saturated rings. The van der Waals surface area contributed by atoms with Gasteiger partial charge in [-0.2, -0.15) is 0 Å². The van der Waals surface area contributed by atoms with Gasteiger partial charge in [0.1, 0.15) is 5.75 Å². The summed E-state index contributed by atoms with van der Waals surface area (Å²) in [5, 5.41) is 0. The zero-order valence-corrected chi connectivity index (χ0v) is 11.2. The van der Waals surface area contributed by atoms with Gasteiger partial charge in [-0.15, -0.1) is 0 Å². The number of benzene rings is 1. The molecule has 1 heterocycles. The predicted molar refractivity (Wildman–Crippen MR) is 71.7 cm³/mol. The van der Waals surface area contributed by atoms with E-state index in [0.717, 1.165) is 37.2 Å². The van der Waals surface area contributed by atoms with Crippen molar-refractivity contribution in [2.24, 2.45) is 0 Å². The summed E-state index contributed by atoms with van der Waals surface area (Å²) in [4.78, 5) is 14.2. The van der Waals surface area contributed by atoms with E-state index < -0.39 is 0 Å². The second kappa shape index (κ2) is 5.89. The lowest BCUT2D eigenvalue weighted by molar-refractivity contribution is -0.137. The molecule has 0 spiro atoms. The van der Waals surface area contributed by atoms with Crippen molar-refractivity contribution >= 4 is 5.91 Å². The molecule has 0 aromatic heterocycles. The fraction of sp³-hybridized carbons (Fsp3) is 0.533. The van der Waals surface area contributed by atoms with E-state index in [1.54, 1.807) is 0 Å². The van der Waals surface area contributed by atoms with Gasteiger partial charge in [0.05, 0.1) is 0 Å². The normalized spacial score (nSPS) is 16.7. The number of carbonyl (C=O) groups is 1. The number of para-hydroxylation sites is 1. The number of amides is 1. The van der Waals surface area contributed by atoms with Gasteiger partial charge in [0.2, 0.25) is 0 Å². The highest BCUT2D eigenvalue weighted by Crippen LogP contribution is 2.20. The third-order valence-electron chi connectivity index (χ3n) is 3.43. The van der Waals surface area contributed by atoms with Crippen LogP contribution in [0.1, 0.15) is 31.7 Å². The lowest BCUT2D eigenvalue weighted by Gasteiger charge is -2.23. The van der Waals surface area contributed by atoms with Crippen molar-refractivity contribution in [3.8, 4) is 5.75 Å². The zero-order valence-electron chi connectivity index (χ0n) is 11.2. The summed E-state index contributed by atoms with van der Waals surface area (Å²) in [6, 6.07) is 7.85. The van der Waals surface area contributed by atoms with Gasteiger partial charge < -0.3 is 9.64 Å². The smallest absolute Gasteiger partial charge is 0.263 e. The molecule has 1 aliphatic heterocycles. The lowest BCUT2D eigenvalue weighted by Crippen LogP contribution is -2.40. The molecule has 0 saturated carbocycles. The minimum absolute atomic E-state index is 0.137. The van der Waals surface area contributed by atoms with Crippen LogP contribution in [0.25, 0.3) is 0 Å². The second-order valence-electron chi connectivity index (χ2n) is 4.81. The summed E-state index contributed by atoms with van der Waals surface area (Å²) in [7, 11) is 0. The first-order valence-electron chi connectivity index (χ1n) is 6.73. The maximum atomic E-state index is 12.3. The van der Waals surface area contributed by atoms with Crippen LogP contribution >= 0.6 is 0 Å². The molecule has 1 aromatic rings. The standard InChI is InChI=1S/C15H21NO2/c1-3-13(15(17)16-10-6-7-11-16)18-14-9-5-4-8-12(14)2/h4-5,8-9,13H,3,6-7,10-11H2,1-2H3/t13-/m0/s1. The molecule has 2 rings (SSSR count). The minimum Gasteiger partial charge on any atom is -0.480 e. The maximum Gasteiger partial charge on any atom is 0.263 e. The maximum absolute atomic E-state index is 12.3. The first-order valence-corrected chi connectivity index (χ1v) is 6.73. The summed E-state index contributed by atoms with van der Waals surface area (Å²) in [6.45, 7) is 5.76. The Bertz CT molecular complexity index is 411. The number of hydrogen-bond donors (Lipinski definition) is 0. The molecule has 0 radical (unpaired) electrons. The van der Waals surface area contributed by atoms with Gasteiger partial charge in [-0.05, 0) is 37.8 Å². The molecule has 1 amide bonds. The van der Waals surface area contributed by atoms with Crippen LogP contribution in [0.5, 0.6) is 5.75 Å². The summed E-state index contributed by atoms with van der Waals surface area (Å²) in [5.74, 6) is 0.954. The third-order valence-corrected chi connectivity index (χ3v) is 3.43. The van der Waals surface area contributed by atoms with Crippen LogP contribution in [0, 0.1) is 6.92 Å². The molecule has 1 aromatic carbocycles. The number of nitrogens with zero attached hydrogens (tertiary/aromatic N) is 1. The van der Waals surface area contributed by atoms with Crippen LogP contribution in [0.3, 0.4) is 0 Å². The number of hydrogen-bond acceptors (Lipinski definition) is 2. The number of carbonyl (C=O) groups excluding carboxylic acids is 1. The molecular formula is C15H21NO2. The molecule has 3 heteroatoms. The van der Waals surface area contributed by atoms with Gasteiger partial charge in [0.25, 0.3) is 5.91 Å². The van der Waals surface area contributed by atoms with E-state index in [1.807, 2.05) is 43.0 Å². The van der Waals surface area contributed by atoms with Crippen LogP contribution in [0.4, 0.5) is 0 Å². The van der Waals surface area contributed by atoms with E-state index in [4.69, 9.17) is 4.74 Å². The SMILES string of the molecule is CC[C@H](Oc1ccccc1C)C(=O)N1CCCC1. The van der Waals surface area contributed by atoms with Gasteiger partial charge in [-0.25, -0.2) is 0 Å². The third kappa shape index (κ3) is 2.84. The van der Waals surface area contributed by atoms with Crippen molar-refractivity contribution in [2.45, 2.75) is 39.2 Å². The highest BCUT2D eigenvalue weighted by atomic mass is 16.5. The molecule has 1 atom stereocenters. The molecule has 0 unspecified atom stereocenters. The fourth-order valence-electron chi connectivity index (χ4n) is 2.29. The van der Waals surface area contributed by atoms with Gasteiger partial charge in [0, 0.05) is 13.1 Å². The Hall–Kier alpha value is -1.51. The summed E-state index contributed by atoms with van der Waals surface area (Å²) in [5.41, 5.74) is 1.07. The van der Waals surface area contributed by atoms with Gasteiger partial charge in [0.15, 0.2) is 6.10 Å². The first-order chi connectivity index (χ1) is 8.72. The Labute approximate surface area is 109 Å². The molecule has 0 N–H and O–H groups in total. The molecule has 1 aliphatic rings. The average Bonchev–Trinajstić information content (AvgIpc) is 2.91. The van der Waals surface area contributed by atoms with E-state index in [1.165, 1.54) is 0 Å². The molecule has 18 heavy (non-hydrogen) atoms. The van der Waals surface area contributed by atoms with E-state index >= 15 is 0 Å². The summed E-state index contributed by atoms with van der Waals surface area (Å²) >= 11 is 0. The summed E-state index contributed by atoms with van der Waals surface area (Å²) < 4.78 is 5.88. The fourth-order valence-corrected chi connectivity index (χ4v) is 2.29. The van der Waals surface area contributed by atoms with E-state index in [0.29, 0.717) is 6.42 Å². The number of rotatable bonds is 4. The quantitative estimate of drug-likeness (QED) is 0.818. The van der Waals surface area contributed by atoms with Crippen LogP contribution in [0.15, 0.2) is 24.3 Å². The first kappa shape index (κ1) is 12.9. The van der Waals surface area contributed by atoms with Crippen LogP contribution in [0.2, 0.25) is 0 Å². The Kier molecular flexibility index (Phi) is 4.24. The molecular weight excluding hydrogens is 226 g/mol. The topological polar surface area (TPSA) is 29.5 Å². The van der Waals surface area contributed by atoms with E-state index in [2.05, 4.69) is 0 Å². The Morgan fingerprint density at radius 1 is 1.33 bits per heavy atom. The predicted octanol–water partition coefficient (Wildman–Crippen LogP) is 2.77. The number of ether oxygens (including phenoxy) is 1. The minimum atomic E-state index is -0.343. The lowest BCUT2D eigenvalue weighted by atomic mass is 10.2. The van der Waals surface area contributed by atoms with Crippen LogP contribution < -0.4 is 4.74 Å². The zero-order chi connectivity index (χ0) is 13.0. The van der Waals surface area contributed by atoms with Crippen molar-refractivity contribution < 1.29 is 9.53 Å². The van der Waals surface area contributed by atoms with Crippen molar-refractivity contribution in [2.75, 3.05) is 13.1 Å². The Morgan fingerprint density at radius 3 is 2.61 bits per heavy atom. The molecule has 0 bridgehead atoms. The van der Waals surface area contributed by atoms with Gasteiger partial charge in [-0.1, -0.05) is 25.1 Å². The van der Waals surface area contributed by atoms with Gasteiger partial charge in [-0.3, -0.25) is 4.79 Å². The van der Waals surface area contributed by atoms with E-state index in [-0.39, 0.29) is 12.0 Å². The van der Waals surface area contributed by atoms with Crippen LogP contribution in [-0.2, 0) is 4.79 Å². The monoisotopic (exact) mass is 247 g/mol.